The molecule has 1 fully saturated rings. The molecule has 1 heterocycles. The van der Waals surface area contributed by atoms with Gasteiger partial charge in [-0.1, -0.05) is 25.5 Å². The summed E-state index contributed by atoms with van der Waals surface area (Å²) in [4.78, 5) is 14.7. The van der Waals surface area contributed by atoms with Gasteiger partial charge in [0.15, 0.2) is 0 Å². The number of carbonyl (C=O) groups is 1. The van der Waals surface area contributed by atoms with Crippen LogP contribution in [0.1, 0.15) is 45.6 Å². The second-order valence-corrected chi connectivity index (χ2v) is 8.54. The summed E-state index contributed by atoms with van der Waals surface area (Å²) >= 11 is 0. The van der Waals surface area contributed by atoms with Gasteiger partial charge in [-0.25, -0.2) is 8.42 Å². The molecule has 140 valence electrons. The summed E-state index contributed by atoms with van der Waals surface area (Å²) in [6, 6.07) is 7.16. The smallest absolute Gasteiger partial charge is 0.243 e. The topological polar surface area (TPSA) is 57.7 Å². The van der Waals surface area contributed by atoms with Crippen molar-refractivity contribution in [1.82, 2.24) is 9.21 Å². The maximum absolute atomic E-state index is 12.9. The van der Waals surface area contributed by atoms with Crippen LogP contribution in [-0.4, -0.2) is 49.7 Å². The predicted octanol–water partition coefficient (Wildman–Crippen LogP) is 2.91. The van der Waals surface area contributed by atoms with Crippen molar-refractivity contribution in [2.75, 3.05) is 26.2 Å². The molecule has 0 radical (unpaired) electrons. The van der Waals surface area contributed by atoms with Crippen molar-refractivity contribution in [2.24, 2.45) is 5.92 Å². The summed E-state index contributed by atoms with van der Waals surface area (Å²) in [6.45, 7) is 8.11. The zero-order valence-electron chi connectivity index (χ0n) is 15.6. The van der Waals surface area contributed by atoms with Crippen LogP contribution in [0.25, 0.3) is 0 Å². The van der Waals surface area contributed by atoms with E-state index in [2.05, 4.69) is 6.92 Å². The van der Waals surface area contributed by atoms with Gasteiger partial charge in [0, 0.05) is 26.2 Å². The first-order valence-corrected chi connectivity index (χ1v) is 10.8. The summed E-state index contributed by atoms with van der Waals surface area (Å²) in [5.41, 5.74) is 1.15. The number of carbonyl (C=O) groups excluding carboxylic acids is 1. The number of aryl methyl sites for hydroxylation is 1. The van der Waals surface area contributed by atoms with E-state index in [-0.39, 0.29) is 18.4 Å². The summed E-state index contributed by atoms with van der Waals surface area (Å²) in [5, 5.41) is 0. The number of hydrogen-bond donors (Lipinski definition) is 0. The van der Waals surface area contributed by atoms with Crippen LogP contribution >= 0.6 is 0 Å². The normalized spacial score (nSPS) is 18.9. The average molecular weight is 367 g/mol. The molecule has 1 aromatic carbocycles. The van der Waals surface area contributed by atoms with E-state index in [0.29, 0.717) is 24.5 Å². The molecule has 5 nitrogen and oxygen atoms in total. The van der Waals surface area contributed by atoms with Crippen LogP contribution in [-0.2, 0) is 21.2 Å². The average Bonchev–Trinajstić information content (AvgIpc) is 2.63. The zero-order valence-corrected chi connectivity index (χ0v) is 16.4. The van der Waals surface area contributed by atoms with Crippen molar-refractivity contribution < 1.29 is 13.2 Å². The third-order valence-corrected chi connectivity index (χ3v) is 6.79. The van der Waals surface area contributed by atoms with Crippen molar-refractivity contribution in [3.63, 3.8) is 0 Å². The standard InChI is InChI=1S/C19H30N2O3S/c1-4-8-16-10-12-18(13-11-16)25(23,24)21-14-7-9-17(15-21)19(22)20(5-2)6-3/h10-13,17H,4-9,14-15H2,1-3H3. The Bertz CT molecular complexity index is 666. The summed E-state index contributed by atoms with van der Waals surface area (Å²) in [5.74, 6) is -0.161. The third-order valence-electron chi connectivity index (χ3n) is 4.91. The van der Waals surface area contributed by atoms with Crippen molar-refractivity contribution in [3.05, 3.63) is 29.8 Å². The summed E-state index contributed by atoms with van der Waals surface area (Å²) in [7, 11) is -3.54. The van der Waals surface area contributed by atoms with Gasteiger partial charge in [0.2, 0.25) is 15.9 Å². The monoisotopic (exact) mass is 366 g/mol. The van der Waals surface area contributed by atoms with Crippen molar-refractivity contribution >= 4 is 15.9 Å². The highest BCUT2D eigenvalue weighted by Gasteiger charge is 2.34. The lowest BCUT2D eigenvalue weighted by Gasteiger charge is -2.33. The molecule has 0 aliphatic carbocycles. The highest BCUT2D eigenvalue weighted by molar-refractivity contribution is 7.89. The molecule has 1 atom stereocenters. The quantitative estimate of drug-likeness (QED) is 0.745. The van der Waals surface area contributed by atoms with Gasteiger partial charge in [-0.05, 0) is 50.8 Å². The minimum absolute atomic E-state index is 0.0724. The molecule has 1 amide bonds. The molecule has 6 heteroatoms. The lowest BCUT2D eigenvalue weighted by molar-refractivity contribution is -0.136. The fraction of sp³-hybridized carbons (Fsp3) is 0.632. The zero-order chi connectivity index (χ0) is 18.4. The Labute approximate surface area is 152 Å². The van der Waals surface area contributed by atoms with E-state index in [1.807, 2.05) is 26.0 Å². The third kappa shape index (κ3) is 4.61. The fourth-order valence-electron chi connectivity index (χ4n) is 3.42. The van der Waals surface area contributed by atoms with Gasteiger partial charge < -0.3 is 4.90 Å². The van der Waals surface area contributed by atoms with E-state index >= 15 is 0 Å². The molecular formula is C19H30N2O3S. The second-order valence-electron chi connectivity index (χ2n) is 6.61. The maximum atomic E-state index is 12.9. The molecule has 0 N–H and O–H groups in total. The van der Waals surface area contributed by atoms with Crippen molar-refractivity contribution in [1.29, 1.82) is 0 Å². The Morgan fingerprint density at radius 1 is 1.16 bits per heavy atom. The van der Waals surface area contributed by atoms with Gasteiger partial charge in [0.25, 0.3) is 0 Å². The lowest BCUT2D eigenvalue weighted by atomic mass is 9.98. The fourth-order valence-corrected chi connectivity index (χ4v) is 4.95. The molecular weight excluding hydrogens is 336 g/mol. The second kappa shape index (κ2) is 8.81. The van der Waals surface area contributed by atoms with Gasteiger partial charge in [-0.2, -0.15) is 4.31 Å². The number of piperidine rings is 1. The van der Waals surface area contributed by atoms with E-state index in [1.165, 1.54) is 4.31 Å². The van der Waals surface area contributed by atoms with Crippen LogP contribution in [0.2, 0.25) is 0 Å². The van der Waals surface area contributed by atoms with Gasteiger partial charge in [-0.15, -0.1) is 0 Å². The Kier molecular flexibility index (Phi) is 7.02. The summed E-state index contributed by atoms with van der Waals surface area (Å²) in [6.07, 6.45) is 3.47. The van der Waals surface area contributed by atoms with Crippen molar-refractivity contribution in [3.8, 4) is 0 Å². The molecule has 0 bridgehead atoms. The van der Waals surface area contributed by atoms with Crippen LogP contribution in [0.3, 0.4) is 0 Å². The van der Waals surface area contributed by atoms with Crippen LogP contribution in [0.4, 0.5) is 0 Å². The molecule has 0 aromatic heterocycles. The van der Waals surface area contributed by atoms with Crippen molar-refractivity contribution in [2.45, 2.75) is 51.3 Å². The molecule has 1 aliphatic rings. The first-order chi connectivity index (χ1) is 11.9. The SMILES string of the molecule is CCCc1ccc(S(=O)(=O)N2CCCC(C(=O)N(CC)CC)C2)cc1. The molecule has 1 aromatic rings. The first kappa shape index (κ1) is 19.9. The van der Waals surface area contributed by atoms with E-state index in [9.17, 15) is 13.2 Å². The number of hydrogen-bond acceptors (Lipinski definition) is 3. The Morgan fingerprint density at radius 3 is 2.36 bits per heavy atom. The molecule has 0 saturated carbocycles. The predicted molar refractivity (Wildman–Crippen MR) is 99.8 cm³/mol. The Morgan fingerprint density at radius 2 is 1.80 bits per heavy atom. The number of sulfonamides is 1. The van der Waals surface area contributed by atoms with E-state index in [1.54, 1.807) is 17.0 Å². The Balaban J connectivity index is 2.14. The van der Waals surface area contributed by atoms with E-state index in [0.717, 1.165) is 31.2 Å². The van der Waals surface area contributed by atoms with Gasteiger partial charge in [0.1, 0.15) is 0 Å². The number of rotatable bonds is 7. The number of benzene rings is 1. The van der Waals surface area contributed by atoms with Gasteiger partial charge in [-0.3, -0.25) is 4.79 Å². The van der Waals surface area contributed by atoms with Crippen LogP contribution in [0, 0.1) is 5.92 Å². The number of amides is 1. The lowest BCUT2D eigenvalue weighted by Crippen LogP contribution is -2.46. The first-order valence-electron chi connectivity index (χ1n) is 9.31. The summed E-state index contributed by atoms with van der Waals surface area (Å²) < 4.78 is 27.4. The maximum Gasteiger partial charge on any atom is 0.243 e. The van der Waals surface area contributed by atoms with Gasteiger partial charge >= 0.3 is 0 Å². The molecule has 2 rings (SSSR count). The molecule has 25 heavy (non-hydrogen) atoms. The highest BCUT2D eigenvalue weighted by Crippen LogP contribution is 2.25. The molecule has 1 aliphatic heterocycles. The molecule has 1 saturated heterocycles. The largest absolute Gasteiger partial charge is 0.343 e. The minimum atomic E-state index is -3.54. The van der Waals surface area contributed by atoms with Crippen LogP contribution in [0.5, 0.6) is 0 Å². The van der Waals surface area contributed by atoms with E-state index < -0.39 is 10.0 Å². The molecule has 0 spiro atoms. The molecule has 1 unspecified atom stereocenters. The Hall–Kier alpha value is -1.40. The van der Waals surface area contributed by atoms with Crippen LogP contribution < -0.4 is 0 Å². The van der Waals surface area contributed by atoms with Gasteiger partial charge in [0.05, 0.1) is 10.8 Å². The highest BCUT2D eigenvalue weighted by atomic mass is 32.2. The van der Waals surface area contributed by atoms with Crippen LogP contribution in [0.15, 0.2) is 29.2 Å². The number of nitrogens with zero attached hydrogens (tertiary/aromatic N) is 2. The van der Waals surface area contributed by atoms with E-state index in [4.69, 9.17) is 0 Å². The minimum Gasteiger partial charge on any atom is -0.343 e.